The first kappa shape index (κ1) is 40.0. The molecule has 0 unspecified atom stereocenters. The van der Waals surface area contributed by atoms with Crippen LogP contribution in [0, 0.1) is 5.92 Å². The zero-order valence-electron chi connectivity index (χ0n) is 31.7. The number of thiophene rings is 1. The molecule has 4 heterocycles. The van der Waals surface area contributed by atoms with Crippen LogP contribution in [0.15, 0.2) is 58.1 Å². The SMILES string of the molecule is CC(C)(C)OC(=O)N[C@H]1CCCCC/C=C\[C@@H]2C[C@@]2(C(=O)NS(=O)(=O)C2CC2)NC(=O)[C@@H]2C[C@@H](Oc3nc4ccccc4nc3CSc3cccs3)CN2C1=O. The molecule has 4 aliphatic rings. The maximum absolute atomic E-state index is 14.6. The van der Waals surface area contributed by atoms with Gasteiger partial charge in [-0.2, -0.15) is 0 Å². The zero-order valence-corrected chi connectivity index (χ0v) is 34.1. The van der Waals surface area contributed by atoms with Crippen molar-refractivity contribution in [3.8, 4) is 5.88 Å². The smallest absolute Gasteiger partial charge is 0.408 e. The summed E-state index contributed by atoms with van der Waals surface area (Å²) in [6.45, 7) is 5.18. The second-order valence-corrected chi connectivity index (χ2v) is 20.1. The fourth-order valence-corrected chi connectivity index (χ4v) is 10.2. The van der Waals surface area contributed by atoms with Gasteiger partial charge in [0.2, 0.25) is 27.7 Å². The van der Waals surface area contributed by atoms with Gasteiger partial charge in [-0.3, -0.25) is 19.1 Å². The molecule has 2 aliphatic carbocycles. The molecule has 2 saturated carbocycles. The number of allylic oxidation sites excluding steroid dienone is 1. The van der Waals surface area contributed by atoms with E-state index in [4.69, 9.17) is 19.4 Å². The molecule has 0 bridgehead atoms. The highest BCUT2D eigenvalue weighted by molar-refractivity contribution is 8.00. The monoisotopic (exact) mass is 824 g/mol. The van der Waals surface area contributed by atoms with Crippen molar-refractivity contribution in [1.29, 1.82) is 0 Å². The van der Waals surface area contributed by atoms with Crippen molar-refractivity contribution in [2.24, 2.45) is 5.92 Å². The van der Waals surface area contributed by atoms with Crippen molar-refractivity contribution in [2.75, 3.05) is 6.54 Å². The molecule has 3 N–H and O–H groups in total. The molecule has 1 saturated heterocycles. The molecule has 2 aliphatic heterocycles. The van der Waals surface area contributed by atoms with Gasteiger partial charge in [0, 0.05) is 18.1 Å². The number of ether oxygens (including phenoxy) is 2. The maximum atomic E-state index is 14.6. The number of benzene rings is 1. The lowest BCUT2D eigenvalue weighted by molar-refractivity contribution is -0.141. The summed E-state index contributed by atoms with van der Waals surface area (Å²) in [5, 5.41) is 7.02. The molecular formula is C39H48N6O8S3. The van der Waals surface area contributed by atoms with Crippen molar-refractivity contribution in [1.82, 2.24) is 30.2 Å². The number of fused-ring (bicyclic) bond motifs is 3. The Morgan fingerprint density at radius 2 is 1.82 bits per heavy atom. The number of aromatic nitrogens is 2. The van der Waals surface area contributed by atoms with Crippen LogP contribution in [0.5, 0.6) is 5.88 Å². The molecule has 0 spiro atoms. The van der Waals surface area contributed by atoms with Gasteiger partial charge in [-0.15, -0.1) is 23.1 Å². The fourth-order valence-electron chi connectivity index (χ4n) is 7.15. The van der Waals surface area contributed by atoms with Crippen molar-refractivity contribution < 1.29 is 37.1 Å². The molecule has 4 amide bonds. The van der Waals surface area contributed by atoms with Gasteiger partial charge >= 0.3 is 6.09 Å². The quantitative estimate of drug-likeness (QED) is 0.190. The van der Waals surface area contributed by atoms with E-state index in [9.17, 15) is 27.6 Å². The van der Waals surface area contributed by atoms with E-state index < -0.39 is 74.3 Å². The summed E-state index contributed by atoms with van der Waals surface area (Å²) in [5.74, 6) is -1.58. The summed E-state index contributed by atoms with van der Waals surface area (Å²) in [5.41, 5.74) is -0.388. The second-order valence-electron chi connectivity index (χ2n) is 15.9. The van der Waals surface area contributed by atoms with E-state index in [1.54, 1.807) is 43.9 Å². The number of amides is 4. The largest absolute Gasteiger partial charge is 0.471 e. The van der Waals surface area contributed by atoms with Crippen LogP contribution in [0.2, 0.25) is 0 Å². The Balaban J connectivity index is 1.19. The molecule has 3 fully saturated rings. The average Bonchev–Trinajstić information content (AvgIpc) is 4.01. The minimum atomic E-state index is -3.90. The van der Waals surface area contributed by atoms with Gasteiger partial charge in [-0.05, 0) is 82.9 Å². The Labute approximate surface area is 335 Å². The topological polar surface area (TPSA) is 186 Å². The highest BCUT2D eigenvalue weighted by Gasteiger charge is 2.62. The minimum absolute atomic E-state index is 0.0198. The number of thioether (sulfide) groups is 1. The molecule has 7 rings (SSSR count). The van der Waals surface area contributed by atoms with Gasteiger partial charge in [0.15, 0.2) is 0 Å². The Morgan fingerprint density at radius 1 is 1.05 bits per heavy atom. The first-order chi connectivity index (χ1) is 26.7. The summed E-state index contributed by atoms with van der Waals surface area (Å²) in [6, 6.07) is 9.33. The van der Waals surface area contributed by atoms with E-state index in [1.807, 2.05) is 53.9 Å². The van der Waals surface area contributed by atoms with Crippen molar-refractivity contribution in [3.05, 3.63) is 59.6 Å². The number of nitrogens with zero attached hydrogens (tertiary/aromatic N) is 3. The molecule has 300 valence electrons. The molecule has 3 aromatic rings. The summed E-state index contributed by atoms with van der Waals surface area (Å²) in [6.07, 6.45) is 6.73. The van der Waals surface area contributed by atoms with Gasteiger partial charge in [-0.25, -0.2) is 23.2 Å². The Bertz CT molecular complexity index is 2100. The van der Waals surface area contributed by atoms with E-state index in [0.29, 0.717) is 54.6 Å². The van der Waals surface area contributed by atoms with Crippen molar-refractivity contribution >= 4 is 68.0 Å². The molecule has 5 atom stereocenters. The van der Waals surface area contributed by atoms with E-state index in [0.717, 1.165) is 17.1 Å². The first-order valence-corrected chi connectivity index (χ1v) is 22.6. The number of hydrogen-bond acceptors (Lipinski definition) is 12. The van der Waals surface area contributed by atoms with E-state index >= 15 is 0 Å². The molecule has 56 heavy (non-hydrogen) atoms. The Morgan fingerprint density at radius 3 is 2.54 bits per heavy atom. The molecular weight excluding hydrogens is 777 g/mol. The third kappa shape index (κ3) is 9.48. The molecule has 14 nitrogen and oxygen atoms in total. The minimum Gasteiger partial charge on any atom is -0.471 e. The third-order valence-corrected chi connectivity index (χ3v) is 14.2. The zero-order chi connectivity index (χ0) is 39.7. The van der Waals surface area contributed by atoms with Gasteiger partial charge in [0.1, 0.15) is 35.0 Å². The predicted molar refractivity (Wildman–Crippen MR) is 212 cm³/mol. The molecule has 17 heteroatoms. The number of carbonyl (C=O) groups is 4. The Hall–Kier alpha value is -4.22. The summed E-state index contributed by atoms with van der Waals surface area (Å²) >= 11 is 3.21. The number of nitrogens with one attached hydrogen (secondary N) is 3. The second kappa shape index (κ2) is 16.3. The summed E-state index contributed by atoms with van der Waals surface area (Å²) < 4.78 is 41.2. The normalized spacial score (nSPS) is 26.5. The lowest BCUT2D eigenvalue weighted by atomic mass is 10.0. The highest BCUT2D eigenvalue weighted by atomic mass is 32.2. The molecule has 2 aromatic heterocycles. The highest BCUT2D eigenvalue weighted by Crippen LogP contribution is 2.46. The molecule has 0 radical (unpaired) electrons. The Kier molecular flexibility index (Phi) is 11.7. The van der Waals surface area contributed by atoms with Crippen LogP contribution in [-0.2, 0) is 34.9 Å². The molecule has 1 aromatic carbocycles. The van der Waals surface area contributed by atoms with Gasteiger partial charge in [0.25, 0.3) is 5.91 Å². The number of para-hydroxylation sites is 2. The predicted octanol–water partition coefficient (Wildman–Crippen LogP) is 5.23. The van der Waals surface area contributed by atoms with E-state index in [-0.39, 0.29) is 25.3 Å². The number of hydrogen-bond donors (Lipinski definition) is 3. The fraction of sp³-hybridized carbons (Fsp3) is 0.538. The van der Waals surface area contributed by atoms with Crippen LogP contribution in [0.4, 0.5) is 4.79 Å². The number of alkyl carbamates (subject to hydrolysis) is 1. The average molecular weight is 825 g/mol. The summed E-state index contributed by atoms with van der Waals surface area (Å²) in [7, 11) is -3.90. The summed E-state index contributed by atoms with van der Waals surface area (Å²) in [4.78, 5) is 67.0. The maximum Gasteiger partial charge on any atom is 0.408 e. The lowest BCUT2D eigenvalue weighted by Gasteiger charge is -2.30. The van der Waals surface area contributed by atoms with Gasteiger partial charge in [0.05, 0.1) is 27.0 Å². The van der Waals surface area contributed by atoms with Crippen LogP contribution in [0.1, 0.15) is 84.3 Å². The van der Waals surface area contributed by atoms with Crippen molar-refractivity contribution in [2.45, 2.75) is 123 Å². The number of rotatable bonds is 9. The third-order valence-electron chi connectivity index (χ3n) is 10.3. The van der Waals surface area contributed by atoms with E-state index in [2.05, 4.69) is 15.4 Å². The van der Waals surface area contributed by atoms with E-state index in [1.165, 1.54) is 4.90 Å². The van der Waals surface area contributed by atoms with Gasteiger partial charge in [-0.1, -0.05) is 43.2 Å². The standard InChI is InChI=1S/C39H48N6O8S3/c1-38(2,3)53-37(49)42-29-15-8-6-4-5-7-12-24-21-39(24,36(48)44-56(50,51)26-17-18-26)43-33(46)31-20-25(22-45(31)35(29)47)52-34-30(23-55-32-16-11-19-54-32)40-27-13-9-10-14-28(27)41-34/h7,9-14,16,19,24-26,29,31H,4-6,8,15,17-18,20-23H2,1-3H3,(H,42,49)(H,43,46)(H,44,48)/b12-7-/t24-,25-,29+,31+,39-/m1/s1. The first-order valence-electron chi connectivity index (χ1n) is 19.1. The van der Waals surface area contributed by atoms with Crippen LogP contribution >= 0.6 is 23.1 Å². The van der Waals surface area contributed by atoms with Crippen LogP contribution in [0.3, 0.4) is 0 Å². The van der Waals surface area contributed by atoms with Crippen LogP contribution in [0.25, 0.3) is 11.0 Å². The van der Waals surface area contributed by atoms with Gasteiger partial charge < -0.3 is 25.0 Å². The lowest BCUT2D eigenvalue weighted by Crippen LogP contribution is -2.58. The number of carbonyl (C=O) groups excluding carboxylic acids is 4. The van der Waals surface area contributed by atoms with Crippen molar-refractivity contribution in [3.63, 3.8) is 0 Å². The number of sulfonamides is 1. The van der Waals surface area contributed by atoms with Crippen LogP contribution < -0.4 is 20.1 Å². The van der Waals surface area contributed by atoms with Crippen LogP contribution in [-0.4, -0.2) is 88.2 Å².